The lowest BCUT2D eigenvalue weighted by Gasteiger charge is -2.31. The summed E-state index contributed by atoms with van der Waals surface area (Å²) in [6, 6.07) is 0.980. The summed E-state index contributed by atoms with van der Waals surface area (Å²) in [6.07, 6.45) is 1.40. The molecule has 1 aliphatic heterocycles. The van der Waals surface area contributed by atoms with Crippen LogP contribution in [0.2, 0.25) is 0 Å². The van der Waals surface area contributed by atoms with Crippen LogP contribution in [0.4, 0.5) is 0 Å². The van der Waals surface area contributed by atoms with Gasteiger partial charge in [0.05, 0.1) is 6.26 Å². The third-order valence-electron chi connectivity index (χ3n) is 2.74. The highest BCUT2D eigenvalue weighted by atomic mass is 16.3. The monoisotopic (exact) mass is 236 g/mol. The largest absolute Gasteiger partial charge is 0.459 e. The van der Waals surface area contributed by atoms with Crippen LogP contribution in [0.5, 0.6) is 0 Å². The van der Waals surface area contributed by atoms with Gasteiger partial charge in [0.25, 0.3) is 5.91 Å². The van der Waals surface area contributed by atoms with E-state index < -0.39 is 23.8 Å². The molecule has 17 heavy (non-hydrogen) atoms. The van der Waals surface area contributed by atoms with Gasteiger partial charge in [-0.1, -0.05) is 0 Å². The fourth-order valence-electron chi connectivity index (χ4n) is 1.68. The minimum Gasteiger partial charge on any atom is -0.459 e. The summed E-state index contributed by atoms with van der Waals surface area (Å²) in [7, 11) is 0. The number of amides is 3. The second kappa shape index (κ2) is 4.04. The highest BCUT2D eigenvalue weighted by molar-refractivity contribution is 6.06. The molecule has 1 fully saturated rings. The van der Waals surface area contributed by atoms with Gasteiger partial charge < -0.3 is 9.32 Å². The molecule has 0 saturated carbocycles. The third kappa shape index (κ3) is 1.93. The molecule has 3 amide bonds. The van der Waals surface area contributed by atoms with Crippen molar-refractivity contribution in [2.75, 3.05) is 6.54 Å². The number of carbonyl (C=O) groups excluding carboxylic acids is 3. The van der Waals surface area contributed by atoms with E-state index in [1.54, 1.807) is 19.9 Å². The van der Waals surface area contributed by atoms with Crippen molar-refractivity contribution in [3.05, 3.63) is 23.7 Å². The summed E-state index contributed by atoms with van der Waals surface area (Å²) in [5.74, 6) is -1.23. The highest BCUT2D eigenvalue weighted by Crippen LogP contribution is 2.15. The molecular weight excluding hydrogens is 224 g/mol. The number of piperazine rings is 1. The standard InChI is InChI=1S/C11H12N2O4/c1-6-3-4-17-9(6)11(16)13-5-8(14)12-10(15)7(13)2/h3-4,7H,5H2,1-2H3,(H,12,14,15). The van der Waals surface area contributed by atoms with E-state index in [4.69, 9.17) is 4.42 Å². The van der Waals surface area contributed by atoms with Gasteiger partial charge in [-0.15, -0.1) is 0 Å². The fourth-order valence-corrected chi connectivity index (χ4v) is 1.68. The lowest BCUT2D eigenvalue weighted by molar-refractivity contribution is -0.138. The van der Waals surface area contributed by atoms with Crippen molar-refractivity contribution in [2.24, 2.45) is 0 Å². The molecule has 0 bridgehead atoms. The van der Waals surface area contributed by atoms with E-state index in [0.29, 0.717) is 5.56 Å². The summed E-state index contributed by atoms with van der Waals surface area (Å²) in [6.45, 7) is 3.16. The van der Waals surface area contributed by atoms with Crippen molar-refractivity contribution in [3.63, 3.8) is 0 Å². The summed E-state index contributed by atoms with van der Waals surface area (Å²) < 4.78 is 5.06. The van der Waals surface area contributed by atoms with E-state index in [-0.39, 0.29) is 12.3 Å². The maximum atomic E-state index is 12.1. The number of aryl methyl sites for hydroxylation is 1. The van der Waals surface area contributed by atoms with E-state index >= 15 is 0 Å². The third-order valence-corrected chi connectivity index (χ3v) is 2.74. The summed E-state index contributed by atoms with van der Waals surface area (Å²) in [4.78, 5) is 35.9. The Bertz CT molecular complexity index is 491. The fraction of sp³-hybridized carbons (Fsp3) is 0.364. The Morgan fingerprint density at radius 1 is 1.53 bits per heavy atom. The Morgan fingerprint density at radius 3 is 2.82 bits per heavy atom. The normalized spacial score (nSPS) is 20.4. The van der Waals surface area contributed by atoms with Gasteiger partial charge in [0.2, 0.25) is 11.8 Å². The predicted molar refractivity (Wildman–Crippen MR) is 57.1 cm³/mol. The maximum Gasteiger partial charge on any atom is 0.290 e. The molecule has 6 nitrogen and oxygen atoms in total. The number of furan rings is 1. The predicted octanol–water partition coefficient (Wildman–Crippen LogP) is 0.0751. The Morgan fingerprint density at radius 2 is 2.24 bits per heavy atom. The second-order valence-corrected chi connectivity index (χ2v) is 3.95. The quantitative estimate of drug-likeness (QED) is 0.700. The lowest BCUT2D eigenvalue weighted by atomic mass is 10.1. The van der Waals surface area contributed by atoms with Crippen molar-refractivity contribution in [3.8, 4) is 0 Å². The first-order valence-corrected chi connectivity index (χ1v) is 5.19. The highest BCUT2D eigenvalue weighted by Gasteiger charge is 2.35. The summed E-state index contributed by atoms with van der Waals surface area (Å²) >= 11 is 0. The second-order valence-electron chi connectivity index (χ2n) is 3.95. The van der Waals surface area contributed by atoms with Crippen LogP contribution in [0.1, 0.15) is 23.0 Å². The number of hydrogen-bond acceptors (Lipinski definition) is 4. The Labute approximate surface area is 97.6 Å². The molecule has 1 aromatic rings. The van der Waals surface area contributed by atoms with Gasteiger partial charge in [-0.2, -0.15) is 0 Å². The molecule has 1 aliphatic rings. The van der Waals surface area contributed by atoms with E-state index in [2.05, 4.69) is 5.32 Å². The number of nitrogens with one attached hydrogen (secondary N) is 1. The molecular formula is C11H12N2O4. The van der Waals surface area contributed by atoms with E-state index in [9.17, 15) is 14.4 Å². The van der Waals surface area contributed by atoms with Crippen molar-refractivity contribution in [2.45, 2.75) is 19.9 Å². The van der Waals surface area contributed by atoms with Crippen LogP contribution in [0.3, 0.4) is 0 Å². The smallest absolute Gasteiger partial charge is 0.290 e. The maximum absolute atomic E-state index is 12.1. The molecule has 2 heterocycles. The number of rotatable bonds is 1. The first-order chi connectivity index (χ1) is 8.00. The van der Waals surface area contributed by atoms with Gasteiger partial charge in [-0.3, -0.25) is 19.7 Å². The van der Waals surface area contributed by atoms with Crippen LogP contribution < -0.4 is 5.32 Å². The molecule has 0 aliphatic carbocycles. The molecule has 1 aromatic heterocycles. The average molecular weight is 236 g/mol. The number of hydrogen-bond donors (Lipinski definition) is 1. The van der Waals surface area contributed by atoms with E-state index in [0.717, 1.165) is 0 Å². The molecule has 2 rings (SSSR count). The van der Waals surface area contributed by atoms with Crippen LogP contribution in [0.15, 0.2) is 16.7 Å². The van der Waals surface area contributed by atoms with Gasteiger partial charge in [-0.05, 0) is 19.9 Å². The van der Waals surface area contributed by atoms with Crippen molar-refractivity contribution >= 4 is 17.7 Å². The first kappa shape index (κ1) is 11.4. The summed E-state index contributed by atoms with van der Waals surface area (Å²) in [5, 5.41) is 2.17. The average Bonchev–Trinajstić information content (AvgIpc) is 2.69. The zero-order valence-corrected chi connectivity index (χ0v) is 9.52. The van der Waals surface area contributed by atoms with Crippen LogP contribution >= 0.6 is 0 Å². The van der Waals surface area contributed by atoms with E-state index in [1.807, 2.05) is 0 Å². The Balaban J connectivity index is 2.27. The molecule has 6 heteroatoms. The molecule has 1 saturated heterocycles. The van der Waals surface area contributed by atoms with Crippen LogP contribution in [0.25, 0.3) is 0 Å². The van der Waals surface area contributed by atoms with Crippen molar-refractivity contribution in [1.82, 2.24) is 10.2 Å². The Kier molecular flexibility index (Phi) is 2.71. The van der Waals surface area contributed by atoms with Gasteiger partial charge in [0, 0.05) is 5.56 Å². The minimum atomic E-state index is -0.676. The first-order valence-electron chi connectivity index (χ1n) is 5.19. The van der Waals surface area contributed by atoms with Gasteiger partial charge in [-0.25, -0.2) is 0 Å². The van der Waals surface area contributed by atoms with Gasteiger partial charge in [0.1, 0.15) is 12.6 Å². The number of nitrogens with zero attached hydrogens (tertiary/aromatic N) is 1. The molecule has 1 atom stereocenters. The van der Waals surface area contributed by atoms with Crippen molar-refractivity contribution in [1.29, 1.82) is 0 Å². The van der Waals surface area contributed by atoms with E-state index in [1.165, 1.54) is 11.2 Å². The zero-order chi connectivity index (χ0) is 12.6. The summed E-state index contributed by atoms with van der Waals surface area (Å²) in [5.41, 5.74) is 0.681. The molecule has 0 aromatic carbocycles. The number of imide groups is 1. The van der Waals surface area contributed by atoms with Crippen molar-refractivity contribution < 1.29 is 18.8 Å². The molecule has 1 N–H and O–H groups in total. The zero-order valence-electron chi connectivity index (χ0n) is 9.52. The molecule has 90 valence electrons. The van der Waals surface area contributed by atoms with Gasteiger partial charge >= 0.3 is 0 Å². The molecule has 0 spiro atoms. The SMILES string of the molecule is Cc1ccoc1C(=O)N1CC(=O)NC(=O)C1C. The number of carbonyl (C=O) groups is 3. The Hall–Kier alpha value is -2.11. The van der Waals surface area contributed by atoms with Crippen LogP contribution in [-0.2, 0) is 9.59 Å². The molecule has 0 radical (unpaired) electrons. The van der Waals surface area contributed by atoms with Gasteiger partial charge in [0.15, 0.2) is 5.76 Å². The lowest BCUT2D eigenvalue weighted by Crippen LogP contribution is -2.58. The van der Waals surface area contributed by atoms with Crippen LogP contribution in [-0.4, -0.2) is 35.2 Å². The van der Waals surface area contributed by atoms with Crippen LogP contribution in [0, 0.1) is 6.92 Å². The molecule has 1 unspecified atom stereocenters. The minimum absolute atomic E-state index is 0.133. The topological polar surface area (TPSA) is 79.6 Å².